The molecule has 1 atom stereocenters. The van der Waals surface area contributed by atoms with Gasteiger partial charge >= 0.3 is 0 Å². The van der Waals surface area contributed by atoms with Crippen molar-refractivity contribution in [3.8, 4) is 11.5 Å². The SMILES string of the molecule is C[C@H](NCc1ccc(Oc2ccc(F)cc2)cc1)c1ccc(S(C)(=O)=O)cc1. The predicted molar refractivity (Wildman–Crippen MR) is 108 cm³/mol. The molecule has 0 unspecified atom stereocenters. The fourth-order valence-corrected chi connectivity index (χ4v) is 3.34. The fraction of sp³-hybridized carbons (Fsp3) is 0.182. The van der Waals surface area contributed by atoms with E-state index in [4.69, 9.17) is 4.74 Å². The van der Waals surface area contributed by atoms with E-state index >= 15 is 0 Å². The van der Waals surface area contributed by atoms with Gasteiger partial charge in [-0.15, -0.1) is 0 Å². The molecule has 0 spiro atoms. The highest BCUT2D eigenvalue weighted by molar-refractivity contribution is 7.90. The Labute approximate surface area is 164 Å². The first-order valence-electron chi connectivity index (χ1n) is 8.87. The molecule has 6 heteroatoms. The molecule has 0 bridgehead atoms. The number of benzene rings is 3. The number of hydrogen-bond donors (Lipinski definition) is 1. The van der Waals surface area contributed by atoms with Gasteiger partial charge in [0, 0.05) is 18.8 Å². The van der Waals surface area contributed by atoms with Crippen molar-refractivity contribution in [1.29, 1.82) is 0 Å². The molecule has 0 saturated heterocycles. The number of sulfone groups is 1. The molecule has 28 heavy (non-hydrogen) atoms. The van der Waals surface area contributed by atoms with Gasteiger partial charge in [-0.3, -0.25) is 0 Å². The van der Waals surface area contributed by atoms with Crippen molar-refractivity contribution in [2.75, 3.05) is 6.26 Å². The number of hydrogen-bond acceptors (Lipinski definition) is 4. The average molecular weight is 399 g/mol. The minimum absolute atomic E-state index is 0.0729. The Morgan fingerprint density at radius 2 is 1.43 bits per heavy atom. The van der Waals surface area contributed by atoms with Crippen molar-refractivity contribution in [1.82, 2.24) is 5.32 Å². The summed E-state index contributed by atoms with van der Waals surface area (Å²) in [6, 6.07) is 20.5. The quantitative estimate of drug-likeness (QED) is 0.616. The van der Waals surface area contributed by atoms with Crippen LogP contribution in [0.15, 0.2) is 77.7 Å². The molecule has 0 aliphatic rings. The third-order valence-corrected chi connectivity index (χ3v) is 5.52. The molecule has 0 aliphatic heterocycles. The molecule has 4 nitrogen and oxygen atoms in total. The molecule has 3 aromatic rings. The molecule has 0 aliphatic carbocycles. The number of nitrogens with one attached hydrogen (secondary N) is 1. The Morgan fingerprint density at radius 3 is 1.96 bits per heavy atom. The Bertz CT molecular complexity index is 1010. The summed E-state index contributed by atoms with van der Waals surface area (Å²) in [5, 5.41) is 3.42. The van der Waals surface area contributed by atoms with Gasteiger partial charge in [-0.1, -0.05) is 24.3 Å². The van der Waals surface area contributed by atoms with Gasteiger partial charge in [-0.25, -0.2) is 12.8 Å². The lowest BCUT2D eigenvalue weighted by Crippen LogP contribution is -2.18. The van der Waals surface area contributed by atoms with Crippen molar-refractivity contribution in [3.63, 3.8) is 0 Å². The lowest BCUT2D eigenvalue weighted by molar-refractivity contribution is 0.480. The van der Waals surface area contributed by atoms with Gasteiger partial charge in [0.05, 0.1) is 4.90 Å². The molecule has 3 rings (SSSR count). The molecular weight excluding hydrogens is 377 g/mol. The zero-order valence-corrected chi connectivity index (χ0v) is 16.5. The molecule has 0 heterocycles. The maximum Gasteiger partial charge on any atom is 0.175 e. The van der Waals surface area contributed by atoms with E-state index in [1.165, 1.54) is 18.4 Å². The van der Waals surface area contributed by atoms with Crippen LogP contribution in [0.3, 0.4) is 0 Å². The largest absolute Gasteiger partial charge is 0.457 e. The van der Waals surface area contributed by atoms with Crippen LogP contribution < -0.4 is 10.1 Å². The standard InChI is InChI=1S/C22H22FNO3S/c1-16(18-5-13-22(14-6-18)28(2,25)26)24-15-17-3-9-20(10-4-17)27-21-11-7-19(23)8-12-21/h3-14,16,24H,15H2,1-2H3/t16-/m0/s1. The van der Waals surface area contributed by atoms with E-state index in [0.717, 1.165) is 11.1 Å². The second kappa shape index (κ2) is 8.54. The molecule has 0 radical (unpaired) electrons. The summed E-state index contributed by atoms with van der Waals surface area (Å²) in [4.78, 5) is 0.320. The van der Waals surface area contributed by atoms with Crippen LogP contribution in [0, 0.1) is 5.82 Å². The molecule has 3 aromatic carbocycles. The van der Waals surface area contributed by atoms with Crippen LogP contribution in [0.4, 0.5) is 4.39 Å². The average Bonchev–Trinajstić information content (AvgIpc) is 2.68. The van der Waals surface area contributed by atoms with Gasteiger partial charge in [0.15, 0.2) is 9.84 Å². The second-order valence-corrected chi connectivity index (χ2v) is 8.66. The van der Waals surface area contributed by atoms with Gasteiger partial charge in [0.25, 0.3) is 0 Å². The number of rotatable bonds is 7. The minimum Gasteiger partial charge on any atom is -0.457 e. The monoisotopic (exact) mass is 399 g/mol. The van der Waals surface area contributed by atoms with E-state index < -0.39 is 9.84 Å². The Morgan fingerprint density at radius 1 is 0.893 bits per heavy atom. The molecule has 0 aromatic heterocycles. The van der Waals surface area contributed by atoms with Gasteiger partial charge in [0.2, 0.25) is 0 Å². The molecule has 146 valence electrons. The number of ether oxygens (including phenoxy) is 1. The molecular formula is C22H22FNO3S. The molecule has 0 saturated carbocycles. The smallest absolute Gasteiger partial charge is 0.175 e. The van der Waals surface area contributed by atoms with Crippen molar-refractivity contribution < 1.29 is 17.5 Å². The van der Waals surface area contributed by atoms with Crippen LogP contribution in [-0.4, -0.2) is 14.7 Å². The van der Waals surface area contributed by atoms with Crippen LogP contribution in [0.1, 0.15) is 24.1 Å². The molecule has 0 amide bonds. The van der Waals surface area contributed by atoms with Gasteiger partial charge < -0.3 is 10.1 Å². The topological polar surface area (TPSA) is 55.4 Å². The first-order chi connectivity index (χ1) is 13.3. The van der Waals surface area contributed by atoms with Crippen LogP contribution >= 0.6 is 0 Å². The van der Waals surface area contributed by atoms with E-state index in [0.29, 0.717) is 22.9 Å². The first-order valence-corrected chi connectivity index (χ1v) is 10.8. The summed E-state index contributed by atoms with van der Waals surface area (Å²) in [5.41, 5.74) is 2.11. The summed E-state index contributed by atoms with van der Waals surface area (Å²) in [6.07, 6.45) is 1.20. The zero-order chi connectivity index (χ0) is 20.1. The minimum atomic E-state index is -3.18. The predicted octanol–water partition coefficient (Wildman–Crippen LogP) is 4.87. The van der Waals surface area contributed by atoms with E-state index in [9.17, 15) is 12.8 Å². The summed E-state index contributed by atoms with van der Waals surface area (Å²) in [6.45, 7) is 2.69. The van der Waals surface area contributed by atoms with Crippen LogP contribution in [-0.2, 0) is 16.4 Å². The van der Waals surface area contributed by atoms with Crippen molar-refractivity contribution in [2.45, 2.75) is 24.4 Å². The summed E-state index contributed by atoms with van der Waals surface area (Å²) < 4.78 is 41.7. The van der Waals surface area contributed by atoms with Crippen molar-refractivity contribution in [3.05, 3.63) is 89.7 Å². The summed E-state index contributed by atoms with van der Waals surface area (Å²) >= 11 is 0. The van der Waals surface area contributed by atoms with Gasteiger partial charge in [-0.05, 0) is 66.6 Å². The zero-order valence-electron chi connectivity index (χ0n) is 15.7. The number of halogens is 1. The maximum absolute atomic E-state index is 12.9. The second-order valence-electron chi connectivity index (χ2n) is 6.64. The highest BCUT2D eigenvalue weighted by atomic mass is 32.2. The first kappa shape index (κ1) is 20.0. The summed E-state index contributed by atoms with van der Waals surface area (Å²) in [5.74, 6) is 0.965. The normalized spacial score (nSPS) is 12.5. The van der Waals surface area contributed by atoms with E-state index in [-0.39, 0.29) is 11.9 Å². The Hall–Kier alpha value is -2.70. The van der Waals surface area contributed by atoms with E-state index in [1.807, 2.05) is 43.3 Å². The van der Waals surface area contributed by atoms with Gasteiger partial charge in [0.1, 0.15) is 17.3 Å². The van der Waals surface area contributed by atoms with Crippen molar-refractivity contribution in [2.24, 2.45) is 0 Å². The maximum atomic E-state index is 12.9. The third kappa shape index (κ3) is 5.41. The van der Waals surface area contributed by atoms with E-state index in [2.05, 4.69) is 5.32 Å². The van der Waals surface area contributed by atoms with Gasteiger partial charge in [-0.2, -0.15) is 0 Å². The van der Waals surface area contributed by atoms with Crippen LogP contribution in [0.25, 0.3) is 0 Å². The lowest BCUT2D eigenvalue weighted by Gasteiger charge is -2.15. The van der Waals surface area contributed by atoms with Crippen LogP contribution in [0.5, 0.6) is 11.5 Å². The van der Waals surface area contributed by atoms with E-state index in [1.54, 1.807) is 24.3 Å². The van der Waals surface area contributed by atoms with Crippen LogP contribution in [0.2, 0.25) is 0 Å². The Balaban J connectivity index is 1.56. The molecule has 1 N–H and O–H groups in total. The highest BCUT2D eigenvalue weighted by Gasteiger charge is 2.09. The summed E-state index contributed by atoms with van der Waals surface area (Å²) in [7, 11) is -3.18. The van der Waals surface area contributed by atoms with Crippen molar-refractivity contribution >= 4 is 9.84 Å². The fourth-order valence-electron chi connectivity index (χ4n) is 2.71. The lowest BCUT2D eigenvalue weighted by atomic mass is 10.1. The highest BCUT2D eigenvalue weighted by Crippen LogP contribution is 2.22. The third-order valence-electron chi connectivity index (χ3n) is 4.39. The molecule has 0 fully saturated rings. The Kier molecular flexibility index (Phi) is 6.11.